The summed E-state index contributed by atoms with van der Waals surface area (Å²) < 4.78 is 4.40. The second-order valence-corrected chi connectivity index (χ2v) is 5.53. The molecule has 1 unspecified atom stereocenters. The van der Waals surface area contributed by atoms with Crippen LogP contribution in [0, 0.1) is 6.92 Å². The molecule has 0 saturated carbocycles. The first-order valence-electron chi connectivity index (χ1n) is 7.08. The molecule has 2 heterocycles. The Morgan fingerprint density at radius 1 is 1.47 bits per heavy atom. The van der Waals surface area contributed by atoms with Gasteiger partial charge in [-0.3, -0.25) is 4.68 Å². The van der Waals surface area contributed by atoms with Crippen molar-refractivity contribution in [2.45, 2.75) is 45.2 Å². The lowest BCUT2D eigenvalue weighted by atomic mass is 9.93. The molecule has 2 N–H and O–H groups in total. The molecule has 1 atom stereocenters. The number of fused-ring (bicyclic) bond motifs is 1. The van der Waals surface area contributed by atoms with E-state index in [0.717, 1.165) is 19.4 Å². The van der Waals surface area contributed by atoms with Gasteiger partial charge >= 0.3 is 0 Å². The van der Waals surface area contributed by atoms with E-state index >= 15 is 0 Å². The van der Waals surface area contributed by atoms with Crippen LogP contribution in [0.1, 0.15) is 41.5 Å². The minimum Gasteiger partial charge on any atom is -0.348 e. The van der Waals surface area contributed by atoms with Crippen LogP contribution in [0.25, 0.3) is 0 Å². The molecule has 2 aromatic rings. The molecule has 0 aromatic carbocycles. The van der Waals surface area contributed by atoms with Crippen LogP contribution in [-0.4, -0.2) is 14.3 Å². The van der Waals surface area contributed by atoms with Crippen molar-refractivity contribution < 1.29 is 0 Å². The first kappa shape index (κ1) is 12.5. The molecule has 4 nitrogen and oxygen atoms in total. The topological polar surface area (TPSA) is 48.8 Å². The Morgan fingerprint density at radius 2 is 2.32 bits per heavy atom. The first-order valence-corrected chi connectivity index (χ1v) is 7.08. The Hall–Kier alpha value is -1.55. The van der Waals surface area contributed by atoms with Crippen molar-refractivity contribution in [2.24, 2.45) is 12.8 Å². The zero-order valence-electron chi connectivity index (χ0n) is 11.8. The number of nitrogens with two attached hydrogens (primary N) is 1. The lowest BCUT2D eigenvalue weighted by Crippen LogP contribution is -2.19. The number of rotatable bonds is 3. The minimum absolute atomic E-state index is 0.236. The van der Waals surface area contributed by atoms with Crippen molar-refractivity contribution in [3.63, 3.8) is 0 Å². The summed E-state index contributed by atoms with van der Waals surface area (Å²) in [5, 5.41) is 4.23. The number of nitrogens with zero attached hydrogens (tertiary/aromatic N) is 3. The maximum atomic E-state index is 6.22. The third kappa shape index (κ3) is 2.21. The molecule has 0 fully saturated rings. The molecular weight excluding hydrogens is 236 g/mol. The lowest BCUT2D eigenvalue weighted by Gasteiger charge is -2.21. The zero-order valence-corrected chi connectivity index (χ0v) is 11.8. The minimum atomic E-state index is 0.236. The van der Waals surface area contributed by atoms with Crippen molar-refractivity contribution in [2.75, 3.05) is 0 Å². The van der Waals surface area contributed by atoms with E-state index in [1.165, 1.54) is 35.5 Å². The summed E-state index contributed by atoms with van der Waals surface area (Å²) in [6.07, 6.45) is 6.39. The summed E-state index contributed by atoms with van der Waals surface area (Å²) >= 11 is 0. The van der Waals surface area contributed by atoms with Gasteiger partial charge in [0, 0.05) is 49.3 Å². The Morgan fingerprint density at radius 3 is 3.05 bits per heavy atom. The zero-order chi connectivity index (χ0) is 13.4. The highest BCUT2D eigenvalue weighted by Crippen LogP contribution is 2.30. The summed E-state index contributed by atoms with van der Waals surface area (Å²) in [6.45, 7) is 3.21. The van der Waals surface area contributed by atoms with E-state index in [0.29, 0.717) is 0 Å². The normalized spacial score (nSPS) is 18.6. The molecule has 0 spiro atoms. The van der Waals surface area contributed by atoms with E-state index in [2.05, 4.69) is 28.7 Å². The van der Waals surface area contributed by atoms with E-state index in [1.54, 1.807) is 0 Å². The van der Waals surface area contributed by atoms with Gasteiger partial charge in [-0.1, -0.05) is 0 Å². The number of aromatic nitrogens is 3. The van der Waals surface area contributed by atoms with Gasteiger partial charge in [-0.15, -0.1) is 0 Å². The Kier molecular flexibility index (Phi) is 3.19. The van der Waals surface area contributed by atoms with Crippen LogP contribution >= 0.6 is 0 Å². The van der Waals surface area contributed by atoms with Gasteiger partial charge in [-0.2, -0.15) is 5.10 Å². The Bertz CT molecular complexity index is 579. The van der Waals surface area contributed by atoms with E-state index in [1.807, 2.05) is 17.9 Å². The van der Waals surface area contributed by atoms with E-state index in [4.69, 9.17) is 5.73 Å². The molecular formula is C15H22N4. The van der Waals surface area contributed by atoms with Crippen LogP contribution in [0.2, 0.25) is 0 Å². The van der Waals surface area contributed by atoms with Gasteiger partial charge in [-0.05, 0) is 43.9 Å². The highest BCUT2D eigenvalue weighted by molar-refractivity contribution is 5.32. The van der Waals surface area contributed by atoms with Crippen LogP contribution in [0.3, 0.4) is 0 Å². The molecule has 0 amide bonds. The molecule has 0 radical (unpaired) electrons. The van der Waals surface area contributed by atoms with Gasteiger partial charge in [0.15, 0.2) is 0 Å². The summed E-state index contributed by atoms with van der Waals surface area (Å²) in [5.74, 6) is 0. The summed E-state index contributed by atoms with van der Waals surface area (Å²) in [4.78, 5) is 0. The van der Waals surface area contributed by atoms with E-state index in [9.17, 15) is 0 Å². The number of hydrogen-bond acceptors (Lipinski definition) is 2. The van der Waals surface area contributed by atoms with Gasteiger partial charge in [0.05, 0.1) is 0 Å². The number of aryl methyl sites for hydroxylation is 3. The predicted octanol–water partition coefficient (Wildman–Crippen LogP) is 2.11. The van der Waals surface area contributed by atoms with Crippen LogP contribution in [0.15, 0.2) is 18.3 Å². The predicted molar refractivity (Wildman–Crippen MR) is 75.9 cm³/mol. The van der Waals surface area contributed by atoms with Crippen molar-refractivity contribution >= 4 is 0 Å². The lowest BCUT2D eigenvalue weighted by molar-refractivity contribution is 0.532. The molecule has 4 heteroatoms. The van der Waals surface area contributed by atoms with Crippen LogP contribution < -0.4 is 5.73 Å². The average Bonchev–Trinajstić information content (AvgIpc) is 2.92. The van der Waals surface area contributed by atoms with Gasteiger partial charge in [0.2, 0.25) is 0 Å². The van der Waals surface area contributed by atoms with Gasteiger partial charge in [-0.25, -0.2) is 0 Å². The van der Waals surface area contributed by atoms with Crippen LogP contribution in [0.4, 0.5) is 0 Å². The van der Waals surface area contributed by atoms with Gasteiger partial charge in [0.1, 0.15) is 0 Å². The highest BCUT2D eigenvalue weighted by atomic mass is 15.3. The summed E-state index contributed by atoms with van der Waals surface area (Å²) in [5.41, 5.74) is 11.7. The SMILES string of the molecule is Cc1cc2c(n1CCc1ccnn1C)CCCC2N. The Balaban J connectivity index is 1.83. The largest absolute Gasteiger partial charge is 0.348 e. The smallest absolute Gasteiger partial charge is 0.0492 e. The fourth-order valence-corrected chi connectivity index (χ4v) is 3.18. The molecule has 0 saturated heterocycles. The average molecular weight is 258 g/mol. The van der Waals surface area contributed by atoms with Crippen molar-refractivity contribution in [1.82, 2.24) is 14.3 Å². The highest BCUT2D eigenvalue weighted by Gasteiger charge is 2.21. The summed E-state index contributed by atoms with van der Waals surface area (Å²) in [6, 6.07) is 4.61. The first-order chi connectivity index (χ1) is 9.16. The third-order valence-corrected chi connectivity index (χ3v) is 4.29. The molecule has 0 aliphatic heterocycles. The van der Waals surface area contributed by atoms with E-state index in [-0.39, 0.29) is 6.04 Å². The van der Waals surface area contributed by atoms with Gasteiger partial charge in [0.25, 0.3) is 0 Å². The molecule has 2 aromatic heterocycles. The maximum absolute atomic E-state index is 6.22. The molecule has 19 heavy (non-hydrogen) atoms. The maximum Gasteiger partial charge on any atom is 0.0492 e. The molecule has 3 rings (SSSR count). The second kappa shape index (κ2) is 4.85. The molecule has 1 aliphatic carbocycles. The standard InChI is InChI=1S/C15H22N4/c1-11-10-13-14(16)4-3-5-15(13)19(11)9-7-12-6-8-17-18(12)2/h6,8,10,14H,3-5,7,9,16H2,1-2H3. The van der Waals surface area contributed by atoms with Crippen LogP contribution in [0.5, 0.6) is 0 Å². The molecule has 102 valence electrons. The second-order valence-electron chi connectivity index (χ2n) is 5.53. The van der Waals surface area contributed by atoms with Crippen molar-refractivity contribution in [1.29, 1.82) is 0 Å². The monoisotopic (exact) mass is 258 g/mol. The van der Waals surface area contributed by atoms with Crippen molar-refractivity contribution in [3.8, 4) is 0 Å². The van der Waals surface area contributed by atoms with Crippen molar-refractivity contribution in [3.05, 3.63) is 41.0 Å². The quantitative estimate of drug-likeness (QED) is 0.916. The van der Waals surface area contributed by atoms with Gasteiger partial charge < -0.3 is 10.3 Å². The summed E-state index contributed by atoms with van der Waals surface area (Å²) in [7, 11) is 2.00. The molecule has 1 aliphatic rings. The van der Waals surface area contributed by atoms with Crippen LogP contribution in [-0.2, 0) is 26.4 Å². The Labute approximate surface area is 114 Å². The fraction of sp³-hybridized carbons (Fsp3) is 0.533. The molecule has 0 bridgehead atoms. The third-order valence-electron chi connectivity index (χ3n) is 4.29. The number of hydrogen-bond donors (Lipinski definition) is 1. The van der Waals surface area contributed by atoms with E-state index < -0.39 is 0 Å². The fourth-order valence-electron chi connectivity index (χ4n) is 3.18.